The fourth-order valence-electron chi connectivity index (χ4n) is 4.60. The Balaban J connectivity index is 1.14. The van der Waals surface area contributed by atoms with Crippen molar-refractivity contribution in [2.75, 3.05) is 26.2 Å². The van der Waals surface area contributed by atoms with Crippen molar-refractivity contribution < 1.29 is 4.42 Å². The second-order valence-corrected chi connectivity index (χ2v) is 8.65. The molecule has 5 nitrogen and oxygen atoms in total. The number of furan rings is 1. The van der Waals surface area contributed by atoms with E-state index >= 15 is 0 Å². The number of nitrogens with one attached hydrogen (secondary N) is 1. The zero-order valence-electron chi connectivity index (χ0n) is 18.1. The Labute approximate surface area is 183 Å². The van der Waals surface area contributed by atoms with Crippen molar-refractivity contribution in [3.05, 3.63) is 78.0 Å². The van der Waals surface area contributed by atoms with Gasteiger partial charge in [0, 0.05) is 43.8 Å². The summed E-state index contributed by atoms with van der Waals surface area (Å²) in [7, 11) is 1.97. The number of rotatable bonds is 8. The molecule has 3 heterocycles. The van der Waals surface area contributed by atoms with Gasteiger partial charge in [0.2, 0.25) is 0 Å². The van der Waals surface area contributed by atoms with Gasteiger partial charge >= 0.3 is 0 Å². The molecule has 2 aromatic carbocycles. The first kappa shape index (κ1) is 20.0. The smallest absolute Gasteiger partial charge is 0.156 e. The van der Waals surface area contributed by atoms with E-state index in [2.05, 4.69) is 64.0 Å². The monoisotopic (exact) mass is 414 g/mol. The molecule has 160 valence electrons. The molecule has 1 fully saturated rings. The quantitative estimate of drug-likeness (QED) is 0.462. The Morgan fingerprint density at radius 3 is 2.81 bits per heavy atom. The highest BCUT2D eigenvalue weighted by molar-refractivity contribution is 5.82. The molecule has 5 rings (SSSR count). The van der Waals surface area contributed by atoms with Crippen molar-refractivity contribution in [1.29, 1.82) is 0 Å². The molecular formula is C26H30N4O. The third-order valence-corrected chi connectivity index (χ3v) is 6.24. The topological polar surface area (TPSA) is 46.2 Å². The van der Waals surface area contributed by atoms with E-state index in [4.69, 9.17) is 4.42 Å². The third kappa shape index (κ3) is 4.73. The van der Waals surface area contributed by atoms with Crippen molar-refractivity contribution in [3.63, 3.8) is 0 Å². The Bertz CT molecular complexity index is 1100. The van der Waals surface area contributed by atoms with Gasteiger partial charge in [-0.05, 0) is 49.5 Å². The number of fused-ring (bicyclic) bond motifs is 1. The first-order valence-corrected chi connectivity index (χ1v) is 11.2. The van der Waals surface area contributed by atoms with Crippen molar-refractivity contribution in [3.8, 4) is 11.5 Å². The molecule has 31 heavy (non-hydrogen) atoms. The summed E-state index contributed by atoms with van der Waals surface area (Å²) in [4.78, 5) is 2.60. The minimum absolute atomic E-state index is 0.710. The number of hydrogen-bond donors (Lipinski definition) is 1. The highest BCUT2D eigenvalue weighted by Gasteiger charge is 2.22. The van der Waals surface area contributed by atoms with Gasteiger partial charge in [-0.2, -0.15) is 5.10 Å². The Kier molecular flexibility index (Phi) is 5.87. The number of likely N-dealkylation sites (tertiary alicyclic amines) is 1. The maximum atomic E-state index is 6.06. The van der Waals surface area contributed by atoms with Gasteiger partial charge in [0.15, 0.2) is 5.76 Å². The Morgan fingerprint density at radius 2 is 1.94 bits per heavy atom. The van der Waals surface area contributed by atoms with Crippen LogP contribution in [-0.4, -0.2) is 40.9 Å². The molecule has 0 amide bonds. The number of aryl methyl sites for hydroxylation is 1. The van der Waals surface area contributed by atoms with Crippen LogP contribution in [0.2, 0.25) is 0 Å². The predicted molar refractivity (Wildman–Crippen MR) is 125 cm³/mol. The summed E-state index contributed by atoms with van der Waals surface area (Å²) in [5, 5.41) is 9.45. The summed E-state index contributed by atoms with van der Waals surface area (Å²) in [5.74, 6) is 1.55. The molecule has 0 aliphatic carbocycles. The van der Waals surface area contributed by atoms with E-state index in [1.807, 2.05) is 29.9 Å². The number of benzene rings is 2. The average Bonchev–Trinajstić information content (AvgIpc) is 3.51. The van der Waals surface area contributed by atoms with E-state index in [-0.39, 0.29) is 0 Å². The fourth-order valence-corrected chi connectivity index (χ4v) is 4.60. The summed E-state index contributed by atoms with van der Waals surface area (Å²) in [6.45, 7) is 5.38. The number of hydrogen-bond acceptors (Lipinski definition) is 4. The highest BCUT2D eigenvalue weighted by Crippen LogP contribution is 2.29. The van der Waals surface area contributed by atoms with Crippen LogP contribution >= 0.6 is 0 Å². The van der Waals surface area contributed by atoms with Crippen molar-refractivity contribution in [2.45, 2.75) is 19.4 Å². The second-order valence-electron chi connectivity index (χ2n) is 8.65. The molecule has 5 heteroatoms. The van der Waals surface area contributed by atoms with Crippen molar-refractivity contribution in [1.82, 2.24) is 20.0 Å². The summed E-state index contributed by atoms with van der Waals surface area (Å²) in [6, 6.07) is 21.0. The van der Waals surface area contributed by atoms with Crippen LogP contribution in [0.4, 0.5) is 0 Å². The van der Waals surface area contributed by atoms with Crippen LogP contribution in [0.5, 0.6) is 0 Å². The lowest BCUT2D eigenvalue weighted by Gasteiger charge is -2.16. The van der Waals surface area contributed by atoms with Crippen LogP contribution in [0, 0.1) is 5.92 Å². The molecular weight excluding hydrogens is 384 g/mol. The minimum atomic E-state index is 0.710. The van der Waals surface area contributed by atoms with E-state index in [9.17, 15) is 0 Å². The molecule has 4 aromatic rings. The van der Waals surface area contributed by atoms with E-state index in [1.54, 1.807) is 0 Å². The highest BCUT2D eigenvalue weighted by atomic mass is 16.3. The molecule has 1 atom stereocenters. The van der Waals surface area contributed by atoms with Gasteiger partial charge in [-0.25, -0.2) is 0 Å². The molecule has 2 aromatic heterocycles. The third-order valence-electron chi connectivity index (χ3n) is 6.24. The normalized spacial score (nSPS) is 17.0. The van der Waals surface area contributed by atoms with Crippen LogP contribution < -0.4 is 5.32 Å². The lowest BCUT2D eigenvalue weighted by molar-refractivity contribution is 0.325. The molecule has 0 bridgehead atoms. The number of aromatic nitrogens is 2. The van der Waals surface area contributed by atoms with Crippen LogP contribution in [0.25, 0.3) is 22.4 Å². The van der Waals surface area contributed by atoms with Crippen molar-refractivity contribution in [2.24, 2.45) is 13.0 Å². The summed E-state index contributed by atoms with van der Waals surface area (Å²) < 4.78 is 7.93. The largest absolute Gasteiger partial charge is 0.454 e. The predicted octanol–water partition coefficient (Wildman–Crippen LogP) is 4.49. The summed E-state index contributed by atoms with van der Waals surface area (Å²) in [5.41, 5.74) is 4.45. The molecule has 1 aliphatic rings. The van der Waals surface area contributed by atoms with E-state index in [0.717, 1.165) is 48.5 Å². The van der Waals surface area contributed by atoms with E-state index in [0.29, 0.717) is 5.92 Å². The minimum Gasteiger partial charge on any atom is -0.454 e. The van der Waals surface area contributed by atoms with Gasteiger partial charge in [-0.1, -0.05) is 48.5 Å². The first-order valence-electron chi connectivity index (χ1n) is 11.2. The molecule has 1 saturated heterocycles. The van der Waals surface area contributed by atoms with Crippen LogP contribution in [0.15, 0.2) is 71.3 Å². The maximum Gasteiger partial charge on any atom is 0.156 e. The standard InChI is InChI=1S/C26H30N4O/c1-29-19-23(26(28-29)25-15-22-9-5-6-10-24(22)31-25)17-27-16-21-12-14-30(18-21)13-11-20-7-3-2-4-8-20/h2-10,15,19,21,27H,11-14,16-18H2,1H3. The van der Waals surface area contributed by atoms with Gasteiger partial charge < -0.3 is 14.6 Å². The lowest BCUT2D eigenvalue weighted by atomic mass is 10.1. The molecule has 0 radical (unpaired) electrons. The molecule has 1 N–H and O–H groups in total. The zero-order valence-corrected chi connectivity index (χ0v) is 18.1. The SMILES string of the molecule is Cn1cc(CNCC2CCN(CCc3ccccc3)C2)c(-c2cc3ccccc3o2)n1. The summed E-state index contributed by atoms with van der Waals surface area (Å²) >= 11 is 0. The van der Waals surface area contributed by atoms with Gasteiger partial charge in [0.1, 0.15) is 11.3 Å². The fraction of sp³-hybridized carbons (Fsp3) is 0.346. The zero-order chi connectivity index (χ0) is 21.0. The van der Waals surface area contributed by atoms with Crippen LogP contribution in [0.3, 0.4) is 0 Å². The Morgan fingerprint density at radius 1 is 1.10 bits per heavy atom. The van der Waals surface area contributed by atoms with Gasteiger partial charge in [-0.15, -0.1) is 0 Å². The Hall–Kier alpha value is -2.89. The van der Waals surface area contributed by atoms with Gasteiger partial charge in [0.05, 0.1) is 0 Å². The van der Waals surface area contributed by atoms with Crippen LogP contribution in [-0.2, 0) is 20.0 Å². The first-order chi connectivity index (χ1) is 15.2. The maximum absolute atomic E-state index is 6.06. The second kappa shape index (κ2) is 9.08. The van der Waals surface area contributed by atoms with E-state index in [1.165, 1.54) is 30.6 Å². The molecule has 1 unspecified atom stereocenters. The summed E-state index contributed by atoms with van der Waals surface area (Å²) in [6.07, 6.45) is 4.50. The molecule has 0 saturated carbocycles. The number of nitrogens with zero attached hydrogens (tertiary/aromatic N) is 3. The molecule has 0 spiro atoms. The molecule has 1 aliphatic heterocycles. The van der Waals surface area contributed by atoms with Crippen LogP contribution in [0.1, 0.15) is 17.5 Å². The van der Waals surface area contributed by atoms with Gasteiger partial charge in [0.25, 0.3) is 0 Å². The number of para-hydroxylation sites is 1. The lowest BCUT2D eigenvalue weighted by Crippen LogP contribution is -2.27. The van der Waals surface area contributed by atoms with Gasteiger partial charge in [-0.3, -0.25) is 4.68 Å². The average molecular weight is 415 g/mol. The van der Waals surface area contributed by atoms with E-state index < -0.39 is 0 Å². The van der Waals surface area contributed by atoms with Crippen molar-refractivity contribution >= 4 is 11.0 Å².